The normalized spacial score (nSPS) is 11.6. The molecule has 1 aromatic carbocycles. The van der Waals surface area contributed by atoms with Crippen LogP contribution in [-0.2, 0) is 11.3 Å². The fraction of sp³-hybridized carbons (Fsp3) is 0.435. The predicted octanol–water partition coefficient (Wildman–Crippen LogP) is 4.57. The average Bonchev–Trinajstić information content (AvgIpc) is 3.00. The van der Waals surface area contributed by atoms with Crippen molar-refractivity contribution >= 4 is 27.5 Å². The lowest BCUT2D eigenvalue weighted by molar-refractivity contribution is -0.133. The summed E-state index contributed by atoms with van der Waals surface area (Å²) in [7, 11) is 0. The first-order valence-corrected chi connectivity index (χ1v) is 10.9. The molecule has 6 heteroatoms. The zero-order valence-corrected chi connectivity index (χ0v) is 18.6. The lowest BCUT2D eigenvalue weighted by atomic mass is 10.1. The molecule has 5 nitrogen and oxygen atoms in total. The third-order valence-electron chi connectivity index (χ3n) is 4.78. The van der Waals surface area contributed by atoms with Gasteiger partial charge in [0.2, 0.25) is 5.91 Å². The molecule has 3 aromatic rings. The maximum Gasteiger partial charge on any atom is 0.262 e. The minimum atomic E-state index is -0.145. The molecule has 0 aliphatic carbocycles. The molecule has 0 saturated heterocycles. The monoisotopic (exact) mass is 411 g/mol. The second-order valence-electron chi connectivity index (χ2n) is 8.37. The maximum atomic E-state index is 13.2. The zero-order valence-electron chi connectivity index (χ0n) is 17.8. The molecule has 2 aromatic heterocycles. The standard InChI is InChI=1S/C23H29N3O2S/c1-15(2)11-25(12-16(3)4)19(27)13-26-14-24-22-20(23(26)28)17(5)21(29-22)18-9-7-6-8-10-18/h6-10,14-16H,11-13H2,1-5H3. The van der Waals surface area contributed by atoms with Gasteiger partial charge in [-0.15, -0.1) is 11.3 Å². The van der Waals surface area contributed by atoms with E-state index < -0.39 is 0 Å². The minimum Gasteiger partial charge on any atom is -0.341 e. The van der Waals surface area contributed by atoms with Gasteiger partial charge in [0.1, 0.15) is 11.4 Å². The number of carbonyl (C=O) groups is 1. The summed E-state index contributed by atoms with van der Waals surface area (Å²) in [5, 5.41) is 0.614. The van der Waals surface area contributed by atoms with E-state index in [2.05, 4.69) is 32.7 Å². The highest BCUT2D eigenvalue weighted by molar-refractivity contribution is 7.22. The predicted molar refractivity (Wildman–Crippen MR) is 120 cm³/mol. The van der Waals surface area contributed by atoms with Gasteiger partial charge in [-0.1, -0.05) is 58.0 Å². The summed E-state index contributed by atoms with van der Waals surface area (Å²) < 4.78 is 1.45. The van der Waals surface area contributed by atoms with Crippen LogP contribution in [0.1, 0.15) is 33.3 Å². The Balaban J connectivity index is 1.94. The molecular formula is C23H29N3O2S. The molecule has 29 heavy (non-hydrogen) atoms. The Morgan fingerprint density at radius 2 is 1.72 bits per heavy atom. The van der Waals surface area contributed by atoms with Crippen molar-refractivity contribution in [3.8, 4) is 10.4 Å². The van der Waals surface area contributed by atoms with Crippen molar-refractivity contribution in [1.29, 1.82) is 0 Å². The lowest BCUT2D eigenvalue weighted by Crippen LogP contribution is -2.40. The number of fused-ring (bicyclic) bond motifs is 1. The quantitative estimate of drug-likeness (QED) is 0.572. The topological polar surface area (TPSA) is 55.2 Å². The first-order chi connectivity index (χ1) is 13.8. The van der Waals surface area contributed by atoms with Gasteiger partial charge in [-0.2, -0.15) is 0 Å². The van der Waals surface area contributed by atoms with Crippen molar-refractivity contribution in [3.05, 3.63) is 52.6 Å². The molecule has 0 saturated carbocycles. The Morgan fingerprint density at radius 3 is 2.31 bits per heavy atom. The van der Waals surface area contributed by atoms with Gasteiger partial charge in [-0.05, 0) is 29.9 Å². The van der Waals surface area contributed by atoms with E-state index in [1.54, 1.807) is 0 Å². The van der Waals surface area contributed by atoms with Crippen LogP contribution in [0.4, 0.5) is 0 Å². The number of benzene rings is 1. The van der Waals surface area contributed by atoms with Crippen LogP contribution in [-0.4, -0.2) is 33.4 Å². The SMILES string of the molecule is Cc1c(-c2ccccc2)sc2ncn(CC(=O)N(CC(C)C)CC(C)C)c(=O)c12. The number of thiophene rings is 1. The van der Waals surface area contributed by atoms with Gasteiger partial charge in [0.25, 0.3) is 5.56 Å². The van der Waals surface area contributed by atoms with E-state index in [-0.39, 0.29) is 18.0 Å². The van der Waals surface area contributed by atoms with Gasteiger partial charge in [0, 0.05) is 18.0 Å². The second kappa shape index (κ2) is 8.91. The Hall–Kier alpha value is -2.47. The van der Waals surface area contributed by atoms with Gasteiger partial charge in [-0.3, -0.25) is 14.2 Å². The fourth-order valence-electron chi connectivity index (χ4n) is 3.54. The largest absolute Gasteiger partial charge is 0.341 e. The van der Waals surface area contributed by atoms with Gasteiger partial charge in [-0.25, -0.2) is 4.98 Å². The van der Waals surface area contributed by atoms with E-state index in [9.17, 15) is 9.59 Å². The zero-order chi connectivity index (χ0) is 21.1. The first-order valence-electron chi connectivity index (χ1n) is 10.1. The van der Waals surface area contributed by atoms with Crippen molar-refractivity contribution < 1.29 is 4.79 Å². The molecule has 0 bridgehead atoms. The number of rotatable bonds is 7. The fourth-order valence-corrected chi connectivity index (χ4v) is 4.69. The molecule has 0 N–H and O–H groups in total. The average molecular weight is 412 g/mol. The summed E-state index contributed by atoms with van der Waals surface area (Å²) in [5.41, 5.74) is 1.86. The molecule has 0 atom stereocenters. The Labute approximate surface area is 176 Å². The van der Waals surface area contributed by atoms with Crippen LogP contribution in [0.5, 0.6) is 0 Å². The second-order valence-corrected chi connectivity index (χ2v) is 9.37. The smallest absolute Gasteiger partial charge is 0.262 e. The molecule has 2 heterocycles. The summed E-state index contributed by atoms with van der Waals surface area (Å²) in [4.78, 5) is 34.2. The van der Waals surface area contributed by atoms with Gasteiger partial charge in [0.05, 0.1) is 11.7 Å². The van der Waals surface area contributed by atoms with Crippen molar-refractivity contribution in [2.24, 2.45) is 11.8 Å². The van der Waals surface area contributed by atoms with E-state index >= 15 is 0 Å². The number of hydrogen-bond donors (Lipinski definition) is 0. The van der Waals surface area contributed by atoms with Crippen molar-refractivity contribution in [3.63, 3.8) is 0 Å². The summed E-state index contributed by atoms with van der Waals surface area (Å²) in [5.74, 6) is 0.719. The van der Waals surface area contributed by atoms with Crippen LogP contribution in [0, 0.1) is 18.8 Å². The number of aromatic nitrogens is 2. The Kier molecular flexibility index (Phi) is 6.52. The summed E-state index contributed by atoms with van der Waals surface area (Å²) in [6, 6.07) is 10.0. The summed E-state index contributed by atoms with van der Waals surface area (Å²) in [6.07, 6.45) is 1.51. The molecular weight excluding hydrogens is 382 g/mol. The molecule has 0 spiro atoms. The third-order valence-corrected chi connectivity index (χ3v) is 6.03. The van der Waals surface area contributed by atoms with Gasteiger partial charge in [0.15, 0.2) is 0 Å². The van der Waals surface area contributed by atoms with E-state index in [0.29, 0.717) is 30.3 Å². The highest BCUT2D eigenvalue weighted by atomic mass is 32.1. The van der Waals surface area contributed by atoms with Crippen molar-refractivity contribution in [1.82, 2.24) is 14.5 Å². The Morgan fingerprint density at radius 1 is 1.10 bits per heavy atom. The molecule has 0 radical (unpaired) electrons. The molecule has 0 aliphatic heterocycles. The maximum absolute atomic E-state index is 13.2. The molecule has 154 valence electrons. The lowest BCUT2D eigenvalue weighted by Gasteiger charge is -2.26. The van der Waals surface area contributed by atoms with E-state index in [1.165, 1.54) is 22.2 Å². The van der Waals surface area contributed by atoms with Crippen LogP contribution in [0.15, 0.2) is 41.5 Å². The number of amides is 1. The molecule has 3 rings (SSSR count). The van der Waals surface area contributed by atoms with Crippen LogP contribution >= 0.6 is 11.3 Å². The van der Waals surface area contributed by atoms with E-state index in [4.69, 9.17) is 0 Å². The summed E-state index contributed by atoms with van der Waals surface area (Å²) in [6.45, 7) is 11.8. The van der Waals surface area contributed by atoms with E-state index in [1.807, 2.05) is 42.2 Å². The summed E-state index contributed by atoms with van der Waals surface area (Å²) >= 11 is 1.52. The number of nitrogens with zero attached hydrogens (tertiary/aromatic N) is 3. The van der Waals surface area contributed by atoms with Gasteiger partial charge < -0.3 is 4.90 Å². The number of aryl methyl sites for hydroxylation is 1. The molecule has 0 aliphatic rings. The van der Waals surface area contributed by atoms with Crippen molar-refractivity contribution in [2.45, 2.75) is 41.2 Å². The van der Waals surface area contributed by atoms with Crippen LogP contribution in [0.3, 0.4) is 0 Å². The minimum absolute atomic E-state index is 0.0250. The molecule has 0 unspecified atom stereocenters. The first kappa shape index (κ1) is 21.2. The van der Waals surface area contributed by atoms with Gasteiger partial charge >= 0.3 is 0 Å². The van der Waals surface area contributed by atoms with Crippen molar-refractivity contribution in [2.75, 3.05) is 13.1 Å². The van der Waals surface area contributed by atoms with Crippen LogP contribution < -0.4 is 5.56 Å². The molecule has 0 fully saturated rings. The van der Waals surface area contributed by atoms with E-state index in [0.717, 1.165) is 20.8 Å². The third kappa shape index (κ3) is 4.75. The van der Waals surface area contributed by atoms with Crippen LogP contribution in [0.2, 0.25) is 0 Å². The Bertz CT molecular complexity index is 1040. The highest BCUT2D eigenvalue weighted by Crippen LogP contribution is 2.35. The number of carbonyl (C=O) groups excluding carboxylic acids is 1. The number of hydrogen-bond acceptors (Lipinski definition) is 4. The van der Waals surface area contributed by atoms with Crippen LogP contribution in [0.25, 0.3) is 20.7 Å². The highest BCUT2D eigenvalue weighted by Gasteiger charge is 2.20. The molecule has 1 amide bonds.